The van der Waals surface area contributed by atoms with E-state index in [1.54, 1.807) is 6.20 Å². The first kappa shape index (κ1) is 32.9. The first-order valence-corrected chi connectivity index (χ1v) is 19.1. The summed E-state index contributed by atoms with van der Waals surface area (Å²) in [7, 11) is 0. The van der Waals surface area contributed by atoms with Crippen molar-refractivity contribution < 1.29 is 12.0 Å². The van der Waals surface area contributed by atoms with Gasteiger partial charge >= 0.3 is 0 Å². The lowest BCUT2D eigenvalue weighted by atomic mass is 9.88. The molecule has 6 nitrogen and oxygen atoms in total. The minimum atomic E-state index is -1.54. The molecule has 276 valence electrons. The van der Waals surface area contributed by atoms with Crippen LogP contribution in [0.1, 0.15) is 55.4 Å². The topological polar surface area (TPSA) is 48.8 Å². The third kappa shape index (κ3) is 6.72. The smallest absolute Gasteiger partial charge is 0.271 e. The molecule has 0 fully saturated rings. The number of hydrogen-bond donors (Lipinski definition) is 0. The maximum absolute atomic E-state index is 8.91. The van der Waals surface area contributed by atoms with E-state index < -0.39 is 11.8 Å². The molecule has 0 aliphatic carbocycles. The summed E-state index contributed by atoms with van der Waals surface area (Å²) in [6.07, 6.45) is 5.62. The number of benzene rings is 5. The second kappa shape index (κ2) is 13.6. The predicted octanol–water partition coefficient (Wildman–Crippen LogP) is 11.9. The van der Waals surface area contributed by atoms with Crippen molar-refractivity contribution in [2.45, 2.75) is 53.3 Å². The molecule has 0 spiro atoms. The van der Waals surface area contributed by atoms with E-state index in [2.05, 4.69) is 98.4 Å². The highest BCUT2D eigenvalue weighted by molar-refractivity contribution is 6.10. The Hall–Kier alpha value is -6.53. The van der Waals surface area contributed by atoms with Gasteiger partial charge in [-0.2, -0.15) is 0 Å². The molecule has 0 unspecified atom stereocenters. The van der Waals surface area contributed by atoms with Gasteiger partial charge in [-0.3, -0.25) is 18.7 Å². The monoisotopic (exact) mass is 733 g/mol. The minimum absolute atomic E-state index is 0.0436. The van der Waals surface area contributed by atoms with Crippen LogP contribution in [-0.2, 0) is 11.8 Å². The summed E-state index contributed by atoms with van der Waals surface area (Å²) >= 11 is 0. The van der Waals surface area contributed by atoms with Gasteiger partial charge in [0, 0.05) is 38.0 Å². The van der Waals surface area contributed by atoms with Crippen LogP contribution in [0.25, 0.3) is 61.3 Å². The van der Waals surface area contributed by atoms with Gasteiger partial charge in [0.15, 0.2) is 5.82 Å². The number of aromatic nitrogens is 5. The highest BCUT2D eigenvalue weighted by Crippen LogP contribution is 2.38. The first-order valence-electron chi connectivity index (χ1n) is 20.1. The summed E-state index contributed by atoms with van der Waals surface area (Å²) in [6.45, 7) is 12.4. The summed E-state index contributed by atoms with van der Waals surface area (Å²) in [4.78, 5) is 9.66. The third-order valence-corrected chi connectivity index (χ3v) is 10.1. The molecule has 0 bridgehead atoms. The maximum Gasteiger partial charge on any atom is 0.271 e. The van der Waals surface area contributed by atoms with Gasteiger partial charge in [-0.05, 0) is 88.5 Å². The summed E-state index contributed by atoms with van der Waals surface area (Å²) in [5.41, 5.74) is 8.23. The van der Waals surface area contributed by atoms with Gasteiger partial charge in [0.25, 0.3) is 6.33 Å². The number of rotatable bonds is 7. The van der Waals surface area contributed by atoms with Crippen molar-refractivity contribution in [3.8, 4) is 39.9 Å². The minimum Gasteiger partial charge on any atom is -0.458 e. The van der Waals surface area contributed by atoms with Crippen LogP contribution in [0.5, 0.6) is 11.5 Å². The molecular formula is C50H45N5O. The molecule has 0 saturated heterocycles. The second-order valence-electron chi connectivity index (χ2n) is 16.4. The van der Waals surface area contributed by atoms with E-state index in [4.69, 9.17) is 17.4 Å². The lowest BCUT2D eigenvalue weighted by molar-refractivity contribution is -0.572. The molecule has 9 aromatic rings. The Labute approximate surface area is 331 Å². The molecule has 0 radical (unpaired) electrons. The van der Waals surface area contributed by atoms with Crippen molar-refractivity contribution in [1.29, 1.82) is 0 Å². The quantitative estimate of drug-likeness (QED) is 0.121. The van der Waals surface area contributed by atoms with Crippen LogP contribution in [-0.4, -0.2) is 19.1 Å². The molecule has 0 aliphatic rings. The number of ether oxygens (including phenoxy) is 1. The van der Waals surface area contributed by atoms with Crippen LogP contribution in [0.15, 0.2) is 152 Å². The van der Waals surface area contributed by atoms with Gasteiger partial charge in [-0.15, -0.1) is 0 Å². The number of imidazole rings is 1. The normalized spacial score (nSPS) is 13.0. The first-order chi connectivity index (χ1) is 27.8. The molecule has 0 N–H and O–H groups in total. The molecule has 5 aromatic carbocycles. The van der Waals surface area contributed by atoms with Gasteiger partial charge < -0.3 is 4.74 Å². The van der Waals surface area contributed by atoms with Gasteiger partial charge in [-0.25, -0.2) is 4.98 Å². The largest absolute Gasteiger partial charge is 0.458 e. The second-order valence-corrected chi connectivity index (χ2v) is 16.4. The van der Waals surface area contributed by atoms with Crippen LogP contribution in [0.2, 0.25) is 0 Å². The summed E-state index contributed by atoms with van der Waals surface area (Å²) < 4.78 is 30.6. The van der Waals surface area contributed by atoms with E-state index >= 15 is 0 Å². The molecule has 56 heavy (non-hydrogen) atoms. The highest BCUT2D eigenvalue weighted by Gasteiger charge is 2.20. The zero-order valence-corrected chi connectivity index (χ0v) is 32.6. The molecule has 0 aliphatic heterocycles. The predicted molar refractivity (Wildman–Crippen MR) is 227 cm³/mol. The number of nitrogens with zero attached hydrogens (tertiary/aromatic N) is 5. The number of fused-ring (bicyclic) bond motifs is 4. The number of pyridine rings is 2. The van der Waals surface area contributed by atoms with Crippen molar-refractivity contribution in [1.82, 2.24) is 19.1 Å². The Morgan fingerprint density at radius 2 is 1.39 bits per heavy atom. The van der Waals surface area contributed by atoms with Crippen molar-refractivity contribution in [3.63, 3.8) is 0 Å². The molecule has 0 amide bonds. The molecule has 6 heteroatoms. The molecular weight excluding hydrogens is 687 g/mol. The third-order valence-electron chi connectivity index (χ3n) is 10.1. The van der Waals surface area contributed by atoms with Crippen LogP contribution in [0, 0.1) is 11.7 Å². The average Bonchev–Trinajstić information content (AvgIpc) is 3.76. The zero-order valence-electron chi connectivity index (χ0n) is 34.6. The van der Waals surface area contributed by atoms with E-state index in [-0.39, 0.29) is 5.41 Å². The van der Waals surface area contributed by atoms with Crippen molar-refractivity contribution in [2.75, 3.05) is 0 Å². The van der Waals surface area contributed by atoms with Crippen molar-refractivity contribution >= 4 is 32.8 Å². The summed E-state index contributed by atoms with van der Waals surface area (Å²) in [5, 5.41) is 2.25. The van der Waals surface area contributed by atoms with Crippen molar-refractivity contribution in [3.05, 3.63) is 169 Å². The van der Waals surface area contributed by atoms with Gasteiger partial charge in [0.2, 0.25) is 0 Å². The maximum atomic E-state index is 8.91. The molecule has 0 saturated carbocycles. The number of para-hydroxylation sites is 2. The van der Waals surface area contributed by atoms with Gasteiger partial charge in [0.05, 0.1) is 27.8 Å². The van der Waals surface area contributed by atoms with E-state index in [1.165, 1.54) is 11.1 Å². The highest BCUT2D eigenvalue weighted by atomic mass is 16.5. The fourth-order valence-electron chi connectivity index (χ4n) is 7.43. The molecule has 4 heterocycles. The van der Waals surface area contributed by atoms with E-state index in [9.17, 15) is 0 Å². The zero-order chi connectivity index (χ0) is 40.4. The number of hydrogen-bond acceptors (Lipinski definition) is 3. The van der Waals surface area contributed by atoms with Crippen LogP contribution in [0.4, 0.5) is 0 Å². The Bertz CT molecular complexity index is 2990. The summed E-state index contributed by atoms with van der Waals surface area (Å²) in [6, 6.07) is 47.2. The Morgan fingerprint density at radius 1 is 0.625 bits per heavy atom. The van der Waals surface area contributed by atoms with E-state index in [0.29, 0.717) is 22.9 Å². The molecule has 9 rings (SSSR count). The Balaban J connectivity index is 1.12. The van der Waals surface area contributed by atoms with Crippen LogP contribution in [0.3, 0.4) is 0 Å². The van der Waals surface area contributed by atoms with E-state index in [0.717, 1.165) is 49.9 Å². The fraction of sp³-hybridized carbons (Fsp3) is 0.180. The average molecular weight is 734 g/mol. The van der Waals surface area contributed by atoms with Crippen molar-refractivity contribution in [2.24, 2.45) is 5.41 Å². The SMILES string of the molecule is [2H]C([2H])(c1cccc(-[n+]2[c-]n(-c3cc(Oc4ccc5c6cc(-c7ccccc7)ccc6n(-c6cc(C(C)(C)C)ccn6)c5c4)ccn3)c3ccccc32)c1)C(C)(C)C. The molecule has 0 atom stereocenters. The standard InChI is InChI=1S/C50H45N5O/c1-49(2,3)32-34-13-12-16-38(27-34)53-33-54(45-18-11-10-17-44(45)53)47-31-40(24-26-51-47)56-39-20-21-41-42-28-36(35-14-8-7-9-15-35)19-22-43(42)55(46(41)30-39)48-29-37(23-25-52-48)50(4,5)6/h7-31H,32H2,1-6H3/i32D2. The Morgan fingerprint density at radius 3 is 2.21 bits per heavy atom. The molecule has 4 aromatic heterocycles. The van der Waals surface area contributed by atoms with Crippen LogP contribution >= 0.6 is 0 Å². The summed E-state index contributed by atoms with van der Waals surface area (Å²) in [5.74, 6) is 2.81. The Kier molecular flexibility index (Phi) is 8.01. The van der Waals surface area contributed by atoms with Gasteiger partial charge in [-0.1, -0.05) is 120 Å². The lowest BCUT2D eigenvalue weighted by Crippen LogP contribution is -2.29. The lowest BCUT2D eigenvalue weighted by Gasteiger charge is -2.20. The van der Waals surface area contributed by atoms with Gasteiger partial charge in [0.1, 0.15) is 17.3 Å². The van der Waals surface area contributed by atoms with Crippen LogP contribution < -0.4 is 9.30 Å². The van der Waals surface area contributed by atoms with E-state index in [1.807, 2.05) is 109 Å². The fourth-order valence-corrected chi connectivity index (χ4v) is 7.43.